The number of non-ortho nitro benzene ring substituents is 1. The third-order valence-corrected chi connectivity index (χ3v) is 4.45. The van der Waals surface area contributed by atoms with Gasteiger partial charge in [-0.1, -0.05) is 18.2 Å². The molecule has 0 aliphatic heterocycles. The summed E-state index contributed by atoms with van der Waals surface area (Å²) in [5, 5.41) is 16.4. The number of benzene rings is 3. The lowest BCUT2D eigenvalue weighted by Crippen LogP contribution is -2.10. The SMILES string of the molecule is Cc1nc2ccc3ccc(CNc4ccc([N+](=O)[O-])cc4)cc3c2c(=O)[nH]1. The normalized spacial score (nSPS) is 11.0. The molecule has 7 heteroatoms. The Labute approximate surface area is 153 Å². The highest BCUT2D eigenvalue weighted by molar-refractivity contribution is 6.05. The van der Waals surface area contributed by atoms with Crippen molar-refractivity contribution in [1.82, 2.24) is 9.97 Å². The third kappa shape index (κ3) is 3.22. The van der Waals surface area contributed by atoms with Gasteiger partial charge in [0.05, 0.1) is 15.8 Å². The minimum Gasteiger partial charge on any atom is -0.381 e. The second-order valence-corrected chi connectivity index (χ2v) is 6.32. The molecule has 0 saturated carbocycles. The zero-order valence-electron chi connectivity index (χ0n) is 14.5. The van der Waals surface area contributed by atoms with E-state index in [1.165, 1.54) is 12.1 Å². The monoisotopic (exact) mass is 360 g/mol. The van der Waals surface area contributed by atoms with Gasteiger partial charge in [0.1, 0.15) is 5.82 Å². The van der Waals surface area contributed by atoms with Gasteiger partial charge >= 0.3 is 0 Å². The van der Waals surface area contributed by atoms with Gasteiger partial charge in [0, 0.05) is 24.4 Å². The van der Waals surface area contributed by atoms with Crippen molar-refractivity contribution in [2.24, 2.45) is 0 Å². The Balaban J connectivity index is 1.67. The Bertz CT molecular complexity index is 1230. The Morgan fingerprint density at radius 2 is 1.85 bits per heavy atom. The molecule has 27 heavy (non-hydrogen) atoms. The maximum Gasteiger partial charge on any atom is 0.269 e. The lowest BCUT2D eigenvalue weighted by molar-refractivity contribution is -0.384. The van der Waals surface area contributed by atoms with Crippen molar-refractivity contribution in [3.05, 3.63) is 86.5 Å². The number of nitro benzene ring substituents is 1. The van der Waals surface area contributed by atoms with Crippen LogP contribution in [-0.2, 0) is 6.54 Å². The maximum absolute atomic E-state index is 12.4. The van der Waals surface area contributed by atoms with Crippen LogP contribution >= 0.6 is 0 Å². The van der Waals surface area contributed by atoms with Gasteiger partial charge in [-0.3, -0.25) is 14.9 Å². The lowest BCUT2D eigenvalue weighted by Gasteiger charge is -2.09. The molecule has 1 aromatic heterocycles. The molecule has 0 aliphatic rings. The number of anilines is 1. The highest BCUT2D eigenvalue weighted by Gasteiger charge is 2.08. The van der Waals surface area contributed by atoms with Gasteiger partial charge in [0.15, 0.2) is 0 Å². The van der Waals surface area contributed by atoms with Crippen LogP contribution in [0.15, 0.2) is 59.4 Å². The van der Waals surface area contributed by atoms with Crippen molar-refractivity contribution in [1.29, 1.82) is 0 Å². The van der Waals surface area contributed by atoms with Crippen LogP contribution in [0.1, 0.15) is 11.4 Å². The molecule has 2 N–H and O–H groups in total. The molecule has 3 aromatic carbocycles. The molecule has 1 heterocycles. The number of aromatic amines is 1. The maximum atomic E-state index is 12.4. The predicted octanol–water partition coefficient (Wildman–Crippen LogP) is 3.91. The van der Waals surface area contributed by atoms with Gasteiger partial charge in [-0.15, -0.1) is 0 Å². The van der Waals surface area contributed by atoms with Crippen LogP contribution in [0, 0.1) is 17.0 Å². The molecule has 0 saturated heterocycles. The first-order valence-electron chi connectivity index (χ1n) is 8.42. The summed E-state index contributed by atoms with van der Waals surface area (Å²) in [5.41, 5.74) is 2.36. The summed E-state index contributed by atoms with van der Waals surface area (Å²) in [4.78, 5) is 29.9. The fourth-order valence-corrected chi connectivity index (χ4v) is 3.14. The molecule has 134 valence electrons. The van der Waals surface area contributed by atoms with Crippen LogP contribution < -0.4 is 10.9 Å². The van der Waals surface area contributed by atoms with Crippen molar-refractivity contribution in [2.45, 2.75) is 13.5 Å². The summed E-state index contributed by atoms with van der Waals surface area (Å²) in [5.74, 6) is 0.586. The van der Waals surface area contributed by atoms with Gasteiger partial charge in [-0.2, -0.15) is 0 Å². The first-order chi connectivity index (χ1) is 13.0. The van der Waals surface area contributed by atoms with Gasteiger partial charge in [-0.05, 0) is 47.5 Å². The number of nitrogens with one attached hydrogen (secondary N) is 2. The average molecular weight is 360 g/mol. The number of aromatic nitrogens is 2. The Morgan fingerprint density at radius 1 is 1.11 bits per heavy atom. The van der Waals surface area contributed by atoms with Crippen molar-refractivity contribution in [3.63, 3.8) is 0 Å². The molecule has 0 unspecified atom stereocenters. The van der Waals surface area contributed by atoms with Crippen molar-refractivity contribution >= 4 is 33.1 Å². The minimum atomic E-state index is -0.425. The molecule has 0 fully saturated rings. The number of H-pyrrole nitrogens is 1. The molecule has 0 spiro atoms. The van der Waals surface area contributed by atoms with E-state index < -0.39 is 4.92 Å². The number of hydrogen-bond acceptors (Lipinski definition) is 5. The van der Waals surface area contributed by atoms with Crippen LogP contribution in [0.5, 0.6) is 0 Å². The fraction of sp³-hybridized carbons (Fsp3) is 0.100. The molecule has 0 aliphatic carbocycles. The summed E-state index contributed by atoms with van der Waals surface area (Å²) in [6.07, 6.45) is 0. The topological polar surface area (TPSA) is 101 Å². The van der Waals surface area contributed by atoms with Gasteiger partial charge in [0.25, 0.3) is 11.2 Å². The molecule has 0 radical (unpaired) electrons. The number of nitrogens with zero attached hydrogens (tertiary/aromatic N) is 2. The van der Waals surface area contributed by atoms with E-state index in [2.05, 4.69) is 15.3 Å². The van der Waals surface area contributed by atoms with Crippen molar-refractivity contribution in [3.8, 4) is 0 Å². The first kappa shape index (κ1) is 16.7. The number of fused-ring (bicyclic) bond motifs is 3. The lowest BCUT2D eigenvalue weighted by atomic mass is 10.0. The number of rotatable bonds is 4. The summed E-state index contributed by atoms with van der Waals surface area (Å²) >= 11 is 0. The molecular formula is C20H16N4O3. The smallest absolute Gasteiger partial charge is 0.269 e. The zero-order chi connectivity index (χ0) is 19.0. The molecule has 7 nitrogen and oxygen atoms in total. The van der Waals surface area contributed by atoms with Crippen molar-refractivity contribution in [2.75, 3.05) is 5.32 Å². The quantitative estimate of drug-likeness (QED) is 0.326. The second-order valence-electron chi connectivity index (χ2n) is 6.32. The Morgan fingerprint density at radius 3 is 2.59 bits per heavy atom. The number of aryl methyl sites for hydroxylation is 1. The minimum absolute atomic E-state index is 0.0553. The standard InChI is InChI=1S/C20H16N4O3/c1-12-22-18-9-4-14-3-2-13(10-17(14)19(18)20(25)23-12)11-21-15-5-7-16(8-6-15)24(26)27/h2-10,21H,11H2,1H3,(H,22,23,25). The zero-order valence-corrected chi connectivity index (χ0v) is 14.5. The summed E-state index contributed by atoms with van der Waals surface area (Å²) < 4.78 is 0. The van der Waals surface area contributed by atoms with E-state index >= 15 is 0 Å². The van der Waals surface area contributed by atoms with Crippen LogP contribution in [0.25, 0.3) is 21.7 Å². The second kappa shape index (κ2) is 6.53. The Hall–Kier alpha value is -3.74. The van der Waals surface area contributed by atoms with E-state index in [9.17, 15) is 14.9 Å². The molecule has 0 amide bonds. The molecule has 4 aromatic rings. The number of hydrogen-bond donors (Lipinski definition) is 2. The van der Waals surface area contributed by atoms with E-state index in [1.807, 2.05) is 30.3 Å². The highest BCUT2D eigenvalue weighted by atomic mass is 16.6. The largest absolute Gasteiger partial charge is 0.381 e. The van der Waals surface area contributed by atoms with Crippen LogP contribution in [0.2, 0.25) is 0 Å². The van der Waals surface area contributed by atoms with E-state index in [1.54, 1.807) is 19.1 Å². The van der Waals surface area contributed by atoms with E-state index in [4.69, 9.17) is 0 Å². The average Bonchev–Trinajstić information content (AvgIpc) is 2.65. The summed E-state index contributed by atoms with van der Waals surface area (Å²) in [6, 6.07) is 16.0. The van der Waals surface area contributed by atoms with Crippen molar-refractivity contribution < 1.29 is 4.92 Å². The summed E-state index contributed by atoms with van der Waals surface area (Å²) in [6.45, 7) is 2.29. The van der Waals surface area contributed by atoms with E-state index in [0.717, 1.165) is 22.0 Å². The van der Waals surface area contributed by atoms with E-state index in [0.29, 0.717) is 23.3 Å². The predicted molar refractivity (Wildman–Crippen MR) is 105 cm³/mol. The van der Waals surface area contributed by atoms with E-state index in [-0.39, 0.29) is 11.2 Å². The van der Waals surface area contributed by atoms with Gasteiger partial charge in [0.2, 0.25) is 0 Å². The Kier molecular flexibility index (Phi) is 4.04. The summed E-state index contributed by atoms with van der Waals surface area (Å²) in [7, 11) is 0. The first-order valence-corrected chi connectivity index (χ1v) is 8.42. The van der Waals surface area contributed by atoms with Crippen LogP contribution in [0.3, 0.4) is 0 Å². The van der Waals surface area contributed by atoms with Gasteiger partial charge in [-0.25, -0.2) is 4.98 Å². The highest BCUT2D eigenvalue weighted by Crippen LogP contribution is 2.24. The fourth-order valence-electron chi connectivity index (χ4n) is 3.14. The molecular weight excluding hydrogens is 344 g/mol. The molecule has 0 bridgehead atoms. The van der Waals surface area contributed by atoms with Crippen LogP contribution in [0.4, 0.5) is 11.4 Å². The number of nitro groups is 1. The van der Waals surface area contributed by atoms with Crippen LogP contribution in [-0.4, -0.2) is 14.9 Å². The van der Waals surface area contributed by atoms with Gasteiger partial charge < -0.3 is 10.3 Å². The third-order valence-electron chi connectivity index (χ3n) is 4.45. The molecule has 0 atom stereocenters. The molecule has 4 rings (SSSR count).